The van der Waals surface area contributed by atoms with E-state index in [2.05, 4.69) is 15.9 Å². The zero-order chi connectivity index (χ0) is 12.4. The third-order valence-electron chi connectivity index (χ3n) is 3.07. The summed E-state index contributed by atoms with van der Waals surface area (Å²) < 4.78 is 13.8. The van der Waals surface area contributed by atoms with Gasteiger partial charge in [0, 0.05) is 23.6 Å². The summed E-state index contributed by atoms with van der Waals surface area (Å²) in [6, 6.07) is 4.22. The average molecular weight is 338 g/mol. The van der Waals surface area contributed by atoms with E-state index >= 15 is 0 Å². The normalized spacial score (nSPS) is 18.6. The molecule has 2 rings (SSSR count). The Morgan fingerprint density at radius 2 is 2.28 bits per heavy atom. The number of benzene rings is 1. The van der Waals surface area contributed by atoms with Crippen LogP contribution in [-0.2, 0) is 0 Å². The number of amides is 1. The summed E-state index contributed by atoms with van der Waals surface area (Å²) in [5.41, 5.74) is 5.99. The van der Waals surface area contributed by atoms with Crippen LogP contribution in [0, 0.1) is 5.82 Å². The van der Waals surface area contributed by atoms with Crippen molar-refractivity contribution in [1.29, 1.82) is 0 Å². The van der Waals surface area contributed by atoms with Crippen LogP contribution in [0.1, 0.15) is 23.2 Å². The number of hydrogen-bond donors (Lipinski definition) is 1. The quantitative estimate of drug-likeness (QED) is 0.901. The Bertz CT molecular complexity index is 444. The van der Waals surface area contributed by atoms with Crippen molar-refractivity contribution in [1.82, 2.24) is 4.90 Å². The first-order valence-electron chi connectivity index (χ1n) is 5.59. The van der Waals surface area contributed by atoms with E-state index < -0.39 is 5.82 Å². The van der Waals surface area contributed by atoms with Gasteiger partial charge in [-0.15, -0.1) is 12.4 Å². The standard InChI is InChI=1S/C12H14BrFN2O.ClH/c13-11-4-3-8(14)6-10(11)12(17)16-5-1-2-9(16)7-15;/h3-4,6,9H,1-2,5,7,15H2;1H. The number of nitrogens with two attached hydrogens (primary N) is 1. The Balaban J connectivity index is 0.00000162. The van der Waals surface area contributed by atoms with Crippen molar-refractivity contribution in [2.75, 3.05) is 13.1 Å². The molecule has 1 aromatic rings. The summed E-state index contributed by atoms with van der Waals surface area (Å²) in [6.07, 6.45) is 1.88. The third-order valence-corrected chi connectivity index (χ3v) is 3.76. The first-order chi connectivity index (χ1) is 8.13. The molecule has 1 aliphatic rings. The molecule has 0 spiro atoms. The van der Waals surface area contributed by atoms with Gasteiger partial charge in [-0.2, -0.15) is 0 Å². The van der Waals surface area contributed by atoms with E-state index in [1.807, 2.05) is 0 Å². The van der Waals surface area contributed by atoms with Crippen LogP contribution in [0.5, 0.6) is 0 Å². The van der Waals surface area contributed by atoms with Gasteiger partial charge >= 0.3 is 0 Å². The number of hydrogen-bond acceptors (Lipinski definition) is 2. The van der Waals surface area contributed by atoms with Gasteiger partial charge in [0.05, 0.1) is 5.56 Å². The summed E-state index contributed by atoms with van der Waals surface area (Å²) in [5, 5.41) is 0. The Labute approximate surface area is 120 Å². The molecule has 1 aromatic carbocycles. The molecule has 18 heavy (non-hydrogen) atoms. The zero-order valence-electron chi connectivity index (χ0n) is 9.73. The van der Waals surface area contributed by atoms with E-state index in [4.69, 9.17) is 5.73 Å². The second kappa shape index (κ2) is 6.50. The van der Waals surface area contributed by atoms with E-state index in [9.17, 15) is 9.18 Å². The highest BCUT2D eigenvalue weighted by Gasteiger charge is 2.29. The first-order valence-corrected chi connectivity index (χ1v) is 6.39. The van der Waals surface area contributed by atoms with E-state index in [1.165, 1.54) is 12.1 Å². The van der Waals surface area contributed by atoms with Crippen molar-refractivity contribution in [2.24, 2.45) is 5.73 Å². The van der Waals surface area contributed by atoms with Crippen molar-refractivity contribution in [3.05, 3.63) is 34.1 Å². The van der Waals surface area contributed by atoms with Crippen molar-refractivity contribution < 1.29 is 9.18 Å². The summed E-state index contributed by atoms with van der Waals surface area (Å²) in [7, 11) is 0. The van der Waals surface area contributed by atoms with Gasteiger partial charge in [-0.1, -0.05) is 0 Å². The second-order valence-electron chi connectivity index (χ2n) is 4.15. The molecule has 2 N–H and O–H groups in total. The monoisotopic (exact) mass is 336 g/mol. The van der Waals surface area contributed by atoms with Gasteiger partial charge in [-0.25, -0.2) is 4.39 Å². The molecule has 3 nitrogen and oxygen atoms in total. The van der Waals surface area contributed by atoms with Crippen LogP contribution in [0.4, 0.5) is 4.39 Å². The van der Waals surface area contributed by atoms with Crippen molar-refractivity contribution >= 4 is 34.2 Å². The lowest BCUT2D eigenvalue weighted by Gasteiger charge is -2.24. The Kier molecular flexibility index (Phi) is 5.56. The minimum atomic E-state index is -0.403. The first kappa shape index (κ1) is 15.4. The van der Waals surface area contributed by atoms with E-state index in [-0.39, 0.29) is 24.4 Å². The summed E-state index contributed by atoms with van der Waals surface area (Å²) in [4.78, 5) is 14.0. The SMILES string of the molecule is Cl.NCC1CCCN1C(=O)c1cc(F)ccc1Br. The van der Waals surface area contributed by atoms with Crippen molar-refractivity contribution in [3.63, 3.8) is 0 Å². The van der Waals surface area contributed by atoms with Crippen LogP contribution in [0.25, 0.3) is 0 Å². The molecule has 1 heterocycles. The molecule has 6 heteroatoms. The number of likely N-dealkylation sites (tertiary alicyclic amines) is 1. The molecular formula is C12H15BrClFN2O. The van der Waals surface area contributed by atoms with Crippen LogP contribution in [0.3, 0.4) is 0 Å². The maximum Gasteiger partial charge on any atom is 0.255 e. The fourth-order valence-corrected chi connectivity index (χ4v) is 2.58. The minimum absolute atomic E-state index is 0. The van der Waals surface area contributed by atoms with Crippen LogP contribution in [0.2, 0.25) is 0 Å². The Morgan fingerprint density at radius 1 is 1.56 bits per heavy atom. The van der Waals surface area contributed by atoms with Crippen LogP contribution < -0.4 is 5.73 Å². The molecule has 1 unspecified atom stereocenters. The summed E-state index contributed by atoms with van der Waals surface area (Å²) in [5.74, 6) is -0.552. The molecule has 100 valence electrons. The summed E-state index contributed by atoms with van der Waals surface area (Å²) >= 11 is 3.27. The lowest BCUT2D eigenvalue weighted by Crippen LogP contribution is -2.40. The predicted octanol–water partition coefficient (Wildman–Crippen LogP) is 2.57. The van der Waals surface area contributed by atoms with Gasteiger partial charge < -0.3 is 10.6 Å². The Hall–Kier alpha value is -0.650. The second-order valence-corrected chi connectivity index (χ2v) is 5.01. The zero-order valence-corrected chi connectivity index (χ0v) is 12.1. The van der Waals surface area contributed by atoms with Gasteiger partial charge in [-0.05, 0) is 47.0 Å². The van der Waals surface area contributed by atoms with Gasteiger partial charge in [0.15, 0.2) is 0 Å². The van der Waals surface area contributed by atoms with Crippen LogP contribution >= 0.6 is 28.3 Å². The van der Waals surface area contributed by atoms with E-state index in [1.54, 1.807) is 11.0 Å². The molecule has 0 bridgehead atoms. The molecule has 0 aromatic heterocycles. The predicted molar refractivity (Wildman–Crippen MR) is 74.5 cm³/mol. The van der Waals surface area contributed by atoms with Crippen molar-refractivity contribution in [2.45, 2.75) is 18.9 Å². The number of rotatable bonds is 2. The Morgan fingerprint density at radius 3 is 2.94 bits per heavy atom. The highest BCUT2D eigenvalue weighted by atomic mass is 79.9. The average Bonchev–Trinajstić information content (AvgIpc) is 2.79. The smallest absolute Gasteiger partial charge is 0.255 e. The number of carbonyl (C=O) groups excluding carboxylic acids is 1. The summed E-state index contributed by atoms with van der Waals surface area (Å²) in [6.45, 7) is 1.16. The topological polar surface area (TPSA) is 46.3 Å². The third kappa shape index (κ3) is 3.02. The molecule has 0 aliphatic carbocycles. The molecule has 1 aliphatic heterocycles. The van der Waals surface area contributed by atoms with E-state index in [0.717, 1.165) is 12.8 Å². The molecule has 1 atom stereocenters. The maximum absolute atomic E-state index is 13.2. The molecular weight excluding hydrogens is 322 g/mol. The molecule has 1 saturated heterocycles. The van der Waals surface area contributed by atoms with Crippen LogP contribution in [0.15, 0.2) is 22.7 Å². The molecule has 0 radical (unpaired) electrons. The van der Waals surface area contributed by atoms with Gasteiger partial charge in [0.1, 0.15) is 5.82 Å². The highest BCUT2D eigenvalue weighted by Crippen LogP contribution is 2.24. The van der Waals surface area contributed by atoms with Crippen LogP contribution in [-0.4, -0.2) is 29.9 Å². The lowest BCUT2D eigenvalue weighted by atomic mass is 10.1. The number of carbonyl (C=O) groups is 1. The fraction of sp³-hybridized carbons (Fsp3) is 0.417. The van der Waals surface area contributed by atoms with Gasteiger partial charge in [-0.3, -0.25) is 4.79 Å². The van der Waals surface area contributed by atoms with Crippen molar-refractivity contribution in [3.8, 4) is 0 Å². The van der Waals surface area contributed by atoms with Gasteiger partial charge in [0.25, 0.3) is 5.91 Å². The molecule has 0 saturated carbocycles. The molecule has 1 fully saturated rings. The lowest BCUT2D eigenvalue weighted by molar-refractivity contribution is 0.0740. The maximum atomic E-state index is 13.2. The van der Waals surface area contributed by atoms with Gasteiger partial charge in [0.2, 0.25) is 0 Å². The largest absolute Gasteiger partial charge is 0.334 e. The van der Waals surface area contributed by atoms with E-state index in [0.29, 0.717) is 23.1 Å². The minimum Gasteiger partial charge on any atom is -0.334 e. The molecule has 1 amide bonds. The number of halogens is 3. The number of nitrogens with zero attached hydrogens (tertiary/aromatic N) is 1. The fourth-order valence-electron chi connectivity index (χ4n) is 2.16. The highest BCUT2D eigenvalue weighted by molar-refractivity contribution is 9.10.